The van der Waals surface area contributed by atoms with Crippen molar-refractivity contribution in [2.24, 2.45) is 5.16 Å². The van der Waals surface area contributed by atoms with Crippen LogP contribution in [-0.4, -0.2) is 23.1 Å². The molecule has 70 valence electrons. The van der Waals surface area contributed by atoms with E-state index in [9.17, 15) is 5.11 Å². The molecule has 0 saturated carbocycles. The second-order valence-electron chi connectivity index (χ2n) is 2.37. The molecule has 4 nitrogen and oxygen atoms in total. The molecule has 2 N–H and O–H groups in total. The number of ether oxygens (including phenoxy) is 1. The molecule has 13 heavy (non-hydrogen) atoms. The number of hydrogen-bond donors (Lipinski definition) is 2. The van der Waals surface area contributed by atoms with Gasteiger partial charge in [-0.25, -0.2) is 0 Å². The number of oxime groups is 1. The normalized spacial score (nSPS) is 10.5. The predicted octanol–water partition coefficient (Wildman–Crippen LogP) is 1.60. The number of benzene rings is 1. The molecule has 0 heterocycles. The third-order valence-electron chi connectivity index (χ3n) is 1.53. The van der Waals surface area contributed by atoms with Gasteiger partial charge >= 0.3 is 0 Å². The van der Waals surface area contributed by atoms with E-state index in [2.05, 4.69) is 5.16 Å². The van der Waals surface area contributed by atoms with Crippen LogP contribution in [0.25, 0.3) is 0 Å². The monoisotopic (exact) mass is 181 g/mol. The molecular formula is C9H11NO3. The summed E-state index contributed by atoms with van der Waals surface area (Å²) in [5.74, 6) is 0.377. The molecule has 1 aromatic rings. The number of aromatic hydroxyl groups is 1. The molecular weight excluding hydrogens is 170 g/mol. The zero-order valence-electron chi connectivity index (χ0n) is 7.27. The Balaban J connectivity index is 3.03. The Bertz CT molecular complexity index is 310. The van der Waals surface area contributed by atoms with Crippen LogP contribution in [0.4, 0.5) is 0 Å². The highest BCUT2D eigenvalue weighted by molar-refractivity contribution is 5.84. The number of nitrogens with zero attached hydrogens (tertiary/aromatic N) is 1. The lowest BCUT2D eigenvalue weighted by atomic mass is 10.2. The minimum atomic E-state index is -0.0119. The number of phenols is 1. The van der Waals surface area contributed by atoms with Gasteiger partial charge in [-0.2, -0.15) is 0 Å². The van der Waals surface area contributed by atoms with Crippen molar-refractivity contribution in [1.82, 2.24) is 0 Å². The summed E-state index contributed by atoms with van der Waals surface area (Å²) in [6.45, 7) is 2.31. The van der Waals surface area contributed by atoms with Crippen LogP contribution in [0.15, 0.2) is 23.4 Å². The van der Waals surface area contributed by atoms with Gasteiger partial charge in [0.2, 0.25) is 0 Å². The van der Waals surface area contributed by atoms with Crippen molar-refractivity contribution in [3.05, 3.63) is 23.8 Å². The SMILES string of the molecule is CCOc1cccc(C=NO)c1O. The van der Waals surface area contributed by atoms with E-state index in [1.54, 1.807) is 18.2 Å². The van der Waals surface area contributed by atoms with E-state index in [4.69, 9.17) is 9.94 Å². The van der Waals surface area contributed by atoms with Crippen LogP contribution < -0.4 is 4.74 Å². The van der Waals surface area contributed by atoms with Crippen molar-refractivity contribution in [3.63, 3.8) is 0 Å². The summed E-state index contributed by atoms with van der Waals surface area (Å²) < 4.78 is 5.13. The Kier molecular flexibility index (Phi) is 3.14. The first kappa shape index (κ1) is 9.38. The van der Waals surface area contributed by atoms with E-state index >= 15 is 0 Å². The Morgan fingerprint density at radius 1 is 1.54 bits per heavy atom. The van der Waals surface area contributed by atoms with Crippen LogP contribution in [0.2, 0.25) is 0 Å². The summed E-state index contributed by atoms with van der Waals surface area (Å²) in [6, 6.07) is 4.98. The first-order chi connectivity index (χ1) is 6.29. The Hall–Kier alpha value is -1.71. The Morgan fingerprint density at radius 2 is 2.31 bits per heavy atom. The summed E-state index contributed by atoms with van der Waals surface area (Å²) in [4.78, 5) is 0. The molecule has 0 saturated heterocycles. The maximum absolute atomic E-state index is 9.52. The van der Waals surface area contributed by atoms with Crippen LogP contribution in [0, 0.1) is 0 Å². The number of para-hydroxylation sites is 1. The molecule has 0 fully saturated rings. The Morgan fingerprint density at radius 3 is 2.92 bits per heavy atom. The summed E-state index contributed by atoms with van der Waals surface area (Å²) in [5.41, 5.74) is 0.424. The van der Waals surface area contributed by atoms with Gasteiger partial charge in [0, 0.05) is 5.56 Å². The largest absolute Gasteiger partial charge is 0.504 e. The van der Waals surface area contributed by atoms with Crippen LogP contribution in [0.1, 0.15) is 12.5 Å². The summed E-state index contributed by atoms with van der Waals surface area (Å²) in [7, 11) is 0. The van der Waals surface area contributed by atoms with Gasteiger partial charge in [0.05, 0.1) is 12.8 Å². The van der Waals surface area contributed by atoms with Crippen molar-refractivity contribution < 1.29 is 15.1 Å². The fourth-order valence-electron chi connectivity index (χ4n) is 0.978. The van der Waals surface area contributed by atoms with Crippen molar-refractivity contribution >= 4 is 6.21 Å². The van der Waals surface area contributed by atoms with Crippen molar-refractivity contribution in [1.29, 1.82) is 0 Å². The van der Waals surface area contributed by atoms with Crippen molar-refractivity contribution in [2.75, 3.05) is 6.61 Å². The molecule has 0 aliphatic rings. The van der Waals surface area contributed by atoms with E-state index in [1.165, 1.54) is 0 Å². The molecule has 4 heteroatoms. The second-order valence-corrected chi connectivity index (χ2v) is 2.37. The van der Waals surface area contributed by atoms with E-state index in [1.807, 2.05) is 6.92 Å². The highest BCUT2D eigenvalue weighted by Gasteiger charge is 2.05. The van der Waals surface area contributed by atoms with E-state index in [0.29, 0.717) is 17.9 Å². The lowest BCUT2D eigenvalue weighted by Gasteiger charge is -2.06. The van der Waals surface area contributed by atoms with Crippen LogP contribution in [-0.2, 0) is 0 Å². The fourth-order valence-corrected chi connectivity index (χ4v) is 0.978. The molecule has 0 aliphatic carbocycles. The molecule has 1 rings (SSSR count). The third-order valence-corrected chi connectivity index (χ3v) is 1.53. The smallest absolute Gasteiger partial charge is 0.166 e. The topological polar surface area (TPSA) is 62.0 Å². The highest BCUT2D eigenvalue weighted by atomic mass is 16.5. The molecule has 0 amide bonds. The van der Waals surface area contributed by atoms with Gasteiger partial charge in [-0.15, -0.1) is 0 Å². The molecule has 0 unspecified atom stereocenters. The number of hydrogen-bond acceptors (Lipinski definition) is 4. The van der Waals surface area contributed by atoms with E-state index < -0.39 is 0 Å². The minimum absolute atomic E-state index is 0.0119. The maximum Gasteiger partial charge on any atom is 0.166 e. The first-order valence-electron chi connectivity index (χ1n) is 3.91. The lowest BCUT2D eigenvalue weighted by molar-refractivity contribution is 0.316. The standard InChI is InChI=1S/C9H11NO3/c1-2-13-8-5-3-4-7(6-10-12)9(8)11/h3-6,11-12H,2H2,1H3. The zero-order chi connectivity index (χ0) is 9.68. The fraction of sp³-hybridized carbons (Fsp3) is 0.222. The van der Waals surface area contributed by atoms with Gasteiger partial charge in [-0.1, -0.05) is 11.2 Å². The lowest BCUT2D eigenvalue weighted by Crippen LogP contribution is -1.93. The average Bonchev–Trinajstić information content (AvgIpc) is 2.13. The molecule has 1 aromatic carbocycles. The van der Waals surface area contributed by atoms with Gasteiger partial charge in [0.15, 0.2) is 11.5 Å². The molecule has 0 atom stereocenters. The van der Waals surface area contributed by atoms with Crippen LogP contribution in [0.5, 0.6) is 11.5 Å². The number of phenolic OH excluding ortho intramolecular Hbond substituents is 1. The highest BCUT2D eigenvalue weighted by Crippen LogP contribution is 2.28. The third kappa shape index (κ3) is 2.11. The quantitative estimate of drug-likeness (QED) is 0.423. The van der Waals surface area contributed by atoms with Gasteiger partial charge < -0.3 is 15.1 Å². The van der Waals surface area contributed by atoms with Crippen LogP contribution >= 0.6 is 0 Å². The van der Waals surface area contributed by atoms with Crippen molar-refractivity contribution in [2.45, 2.75) is 6.92 Å². The summed E-state index contributed by atoms with van der Waals surface area (Å²) in [6.07, 6.45) is 1.15. The number of rotatable bonds is 3. The minimum Gasteiger partial charge on any atom is -0.504 e. The molecule has 0 aromatic heterocycles. The zero-order valence-corrected chi connectivity index (χ0v) is 7.27. The van der Waals surface area contributed by atoms with Gasteiger partial charge in [0.1, 0.15) is 0 Å². The van der Waals surface area contributed by atoms with Gasteiger partial charge in [-0.3, -0.25) is 0 Å². The predicted molar refractivity (Wildman–Crippen MR) is 48.7 cm³/mol. The molecule has 0 spiro atoms. The first-order valence-corrected chi connectivity index (χ1v) is 3.91. The summed E-state index contributed by atoms with van der Waals surface area (Å²) in [5, 5.41) is 20.6. The molecule has 0 aliphatic heterocycles. The maximum atomic E-state index is 9.52. The molecule has 0 radical (unpaired) electrons. The summed E-state index contributed by atoms with van der Waals surface area (Å²) >= 11 is 0. The van der Waals surface area contributed by atoms with E-state index in [0.717, 1.165) is 6.21 Å². The van der Waals surface area contributed by atoms with Gasteiger partial charge in [0.25, 0.3) is 0 Å². The van der Waals surface area contributed by atoms with Crippen molar-refractivity contribution in [3.8, 4) is 11.5 Å². The Labute approximate surface area is 76.1 Å². The van der Waals surface area contributed by atoms with Gasteiger partial charge in [-0.05, 0) is 19.1 Å². The average molecular weight is 181 g/mol. The van der Waals surface area contributed by atoms with Crippen LogP contribution in [0.3, 0.4) is 0 Å². The molecule has 0 bridgehead atoms. The second kappa shape index (κ2) is 4.35. The van der Waals surface area contributed by atoms with E-state index in [-0.39, 0.29) is 5.75 Å².